The van der Waals surface area contributed by atoms with Crippen molar-refractivity contribution in [2.45, 2.75) is 19.8 Å². The maximum Gasteiger partial charge on any atom is 0.220 e. The number of Topliss-reactive ketones (excluding diaryl/α,β-unsaturated/α-hetero) is 1. The highest BCUT2D eigenvalue weighted by Crippen LogP contribution is 1.90. The monoisotopic (exact) mass is 536 g/mol. The van der Waals surface area contributed by atoms with E-state index >= 15 is 0 Å². The molecule has 0 rings (SSSR count). The molecule has 0 aromatic carbocycles. The largest absolute Gasteiger partial charge is 0.379 e. The molecule has 0 aliphatic rings. The molecule has 0 aliphatic heterocycles. The zero-order chi connectivity index (χ0) is 27.1. The van der Waals surface area contributed by atoms with Crippen molar-refractivity contribution < 1.29 is 47.5 Å². The number of carbonyl (C=O) groups is 2. The molecule has 0 fully saturated rings. The number of rotatable bonds is 30. The van der Waals surface area contributed by atoms with Gasteiger partial charge in [0.15, 0.2) is 0 Å². The fourth-order valence-corrected chi connectivity index (χ4v) is 2.43. The van der Waals surface area contributed by atoms with Gasteiger partial charge in [0, 0.05) is 30.8 Å². The molecule has 37 heavy (non-hydrogen) atoms. The van der Waals surface area contributed by atoms with Gasteiger partial charge in [0.2, 0.25) is 5.91 Å². The molecular formula is C23H44N4O10. The molecule has 1 amide bonds. The lowest BCUT2D eigenvalue weighted by Gasteiger charge is -2.09. The Hall–Kier alpha value is -1.87. The predicted octanol–water partition coefficient (Wildman–Crippen LogP) is 0.915. The van der Waals surface area contributed by atoms with Gasteiger partial charge in [-0.15, -0.1) is 0 Å². The minimum atomic E-state index is -0.146. The third-order valence-corrected chi connectivity index (χ3v) is 4.28. The van der Waals surface area contributed by atoms with Gasteiger partial charge >= 0.3 is 0 Å². The van der Waals surface area contributed by atoms with E-state index in [0.717, 1.165) is 0 Å². The number of nitrogens with one attached hydrogen (secondary N) is 1. The number of amides is 1. The molecular weight excluding hydrogens is 492 g/mol. The number of ketones is 1. The second-order valence-corrected chi connectivity index (χ2v) is 7.41. The Balaban J connectivity index is 3.09. The molecule has 0 spiro atoms. The Bertz CT molecular complexity index is 580. The second-order valence-electron chi connectivity index (χ2n) is 7.41. The van der Waals surface area contributed by atoms with Crippen LogP contribution in [0.3, 0.4) is 0 Å². The maximum atomic E-state index is 11.4. The highest BCUT2D eigenvalue weighted by Gasteiger charge is 2.02. The van der Waals surface area contributed by atoms with E-state index in [1.54, 1.807) is 0 Å². The summed E-state index contributed by atoms with van der Waals surface area (Å²) in [7, 11) is 0. The number of hydrogen-bond donors (Lipinski definition) is 1. The van der Waals surface area contributed by atoms with E-state index in [1.165, 1.54) is 6.92 Å². The van der Waals surface area contributed by atoms with Gasteiger partial charge in [0.1, 0.15) is 5.78 Å². The summed E-state index contributed by atoms with van der Waals surface area (Å²) in [6, 6.07) is 0. The molecule has 0 aliphatic carbocycles. The van der Waals surface area contributed by atoms with Gasteiger partial charge in [-0.1, -0.05) is 5.11 Å². The lowest BCUT2D eigenvalue weighted by Crippen LogP contribution is -2.27. The van der Waals surface area contributed by atoms with Crippen molar-refractivity contribution in [3.63, 3.8) is 0 Å². The summed E-state index contributed by atoms with van der Waals surface area (Å²) in [5, 5.41) is 6.05. The average molecular weight is 537 g/mol. The number of carbonyl (C=O) groups excluding carboxylic acids is 2. The van der Waals surface area contributed by atoms with Gasteiger partial charge in [-0.05, 0) is 12.5 Å². The van der Waals surface area contributed by atoms with Gasteiger partial charge in [-0.3, -0.25) is 4.79 Å². The molecule has 14 heteroatoms. The quantitative estimate of drug-likeness (QED) is 0.0603. The first kappa shape index (κ1) is 35.1. The third kappa shape index (κ3) is 32.1. The van der Waals surface area contributed by atoms with E-state index in [0.29, 0.717) is 119 Å². The number of hydrogen-bond acceptors (Lipinski definition) is 11. The first-order valence-corrected chi connectivity index (χ1v) is 12.6. The maximum absolute atomic E-state index is 11.4. The second kappa shape index (κ2) is 30.4. The minimum absolute atomic E-state index is 0.00315. The van der Waals surface area contributed by atoms with Gasteiger partial charge in [0.05, 0.1) is 106 Å². The average Bonchev–Trinajstić information content (AvgIpc) is 2.89. The van der Waals surface area contributed by atoms with Gasteiger partial charge in [-0.2, -0.15) is 0 Å². The molecule has 14 nitrogen and oxygen atoms in total. The Labute approximate surface area is 219 Å². The third-order valence-electron chi connectivity index (χ3n) is 4.28. The molecule has 0 atom stereocenters. The van der Waals surface area contributed by atoms with E-state index in [1.807, 2.05) is 0 Å². The smallest absolute Gasteiger partial charge is 0.220 e. The highest BCUT2D eigenvalue weighted by atomic mass is 16.6. The van der Waals surface area contributed by atoms with Crippen LogP contribution in [0.25, 0.3) is 10.4 Å². The zero-order valence-corrected chi connectivity index (χ0v) is 22.1. The number of nitrogens with zero attached hydrogens (tertiary/aromatic N) is 3. The van der Waals surface area contributed by atoms with Crippen LogP contribution in [0.2, 0.25) is 0 Å². The summed E-state index contributed by atoms with van der Waals surface area (Å²) in [4.78, 5) is 24.8. The van der Waals surface area contributed by atoms with Crippen LogP contribution in [0.5, 0.6) is 0 Å². The normalized spacial score (nSPS) is 10.8. The lowest BCUT2D eigenvalue weighted by molar-refractivity contribution is -0.124. The predicted molar refractivity (Wildman–Crippen MR) is 133 cm³/mol. The number of azide groups is 1. The molecule has 0 aromatic heterocycles. The molecule has 0 radical (unpaired) electrons. The summed E-state index contributed by atoms with van der Waals surface area (Å²) in [5.41, 5.74) is 8.11. The first-order valence-electron chi connectivity index (χ1n) is 12.6. The molecule has 0 saturated heterocycles. The minimum Gasteiger partial charge on any atom is -0.379 e. The summed E-state index contributed by atoms with van der Waals surface area (Å²) < 4.78 is 42.9. The van der Waals surface area contributed by atoms with Crippen LogP contribution in [-0.2, 0) is 47.5 Å². The Morgan fingerprint density at radius 2 is 0.946 bits per heavy atom. The molecule has 0 heterocycles. The molecule has 0 aromatic rings. The van der Waals surface area contributed by atoms with Crippen molar-refractivity contribution >= 4 is 11.7 Å². The van der Waals surface area contributed by atoms with E-state index in [-0.39, 0.29) is 24.5 Å². The summed E-state index contributed by atoms with van der Waals surface area (Å²) >= 11 is 0. The van der Waals surface area contributed by atoms with E-state index in [4.69, 9.17) is 43.4 Å². The number of ether oxygens (including phenoxy) is 8. The fourth-order valence-electron chi connectivity index (χ4n) is 2.43. The summed E-state index contributed by atoms with van der Waals surface area (Å²) in [6.07, 6.45) is 0.479. The van der Waals surface area contributed by atoms with Crippen LogP contribution >= 0.6 is 0 Å². The Morgan fingerprint density at radius 1 is 0.595 bits per heavy atom. The van der Waals surface area contributed by atoms with Gasteiger partial charge in [0.25, 0.3) is 0 Å². The molecule has 1 N–H and O–H groups in total. The zero-order valence-electron chi connectivity index (χ0n) is 22.1. The molecule has 0 unspecified atom stereocenters. The lowest BCUT2D eigenvalue weighted by atomic mass is 10.2. The van der Waals surface area contributed by atoms with E-state index in [2.05, 4.69) is 15.3 Å². The van der Waals surface area contributed by atoms with Crippen LogP contribution in [0, 0.1) is 0 Å². The SMILES string of the molecule is CC(=O)CCC(=O)NCCOCCOCCOCCOCCOCCOCCOCCOCCN=[N+]=[N-]. The summed E-state index contributed by atoms with van der Waals surface area (Å²) in [5.74, 6) is -0.143. The molecule has 216 valence electrons. The van der Waals surface area contributed by atoms with E-state index in [9.17, 15) is 9.59 Å². The summed E-state index contributed by atoms with van der Waals surface area (Å²) in [6.45, 7) is 9.58. The van der Waals surface area contributed by atoms with Crippen LogP contribution in [0.15, 0.2) is 5.11 Å². The standard InChI is InChI=1S/C23H44N4O10/c1-22(28)2-3-23(29)25-4-6-30-8-10-32-12-14-34-16-18-36-20-21-37-19-17-35-15-13-33-11-9-31-7-5-26-27-24/h2-21H2,1H3,(H,25,29). The van der Waals surface area contributed by atoms with Crippen molar-refractivity contribution in [3.8, 4) is 0 Å². The van der Waals surface area contributed by atoms with Crippen LogP contribution in [-0.4, -0.2) is 130 Å². The van der Waals surface area contributed by atoms with Crippen molar-refractivity contribution in [1.82, 2.24) is 5.32 Å². The van der Waals surface area contributed by atoms with Crippen molar-refractivity contribution in [1.29, 1.82) is 0 Å². The molecule has 0 saturated carbocycles. The fraction of sp³-hybridized carbons (Fsp3) is 0.913. The first-order chi connectivity index (χ1) is 18.2. The molecule has 0 bridgehead atoms. The van der Waals surface area contributed by atoms with Crippen molar-refractivity contribution in [2.75, 3.05) is 119 Å². The highest BCUT2D eigenvalue weighted by molar-refractivity contribution is 5.83. The van der Waals surface area contributed by atoms with Crippen LogP contribution < -0.4 is 5.32 Å². The van der Waals surface area contributed by atoms with E-state index < -0.39 is 0 Å². The van der Waals surface area contributed by atoms with Crippen molar-refractivity contribution in [3.05, 3.63) is 10.4 Å². The van der Waals surface area contributed by atoms with Crippen LogP contribution in [0.1, 0.15) is 19.8 Å². The van der Waals surface area contributed by atoms with Crippen molar-refractivity contribution in [2.24, 2.45) is 5.11 Å². The Kier molecular flexibility index (Phi) is 28.8. The topological polar surface area (TPSA) is 169 Å². The van der Waals surface area contributed by atoms with Gasteiger partial charge < -0.3 is 48.0 Å². The van der Waals surface area contributed by atoms with Gasteiger partial charge in [-0.25, -0.2) is 0 Å². The Morgan fingerprint density at radius 3 is 1.30 bits per heavy atom. The van der Waals surface area contributed by atoms with Crippen LogP contribution in [0.4, 0.5) is 0 Å².